The van der Waals surface area contributed by atoms with Crippen LogP contribution in [0.25, 0.3) is 17.5 Å². The lowest BCUT2D eigenvalue weighted by atomic mass is 9.83. The average Bonchev–Trinajstić information content (AvgIpc) is 3.25. The highest BCUT2D eigenvalue weighted by molar-refractivity contribution is 7.07. The molecule has 0 bridgehead atoms. The number of nitrogens with zero attached hydrogens (tertiary/aromatic N) is 1. The smallest absolute Gasteiger partial charge is 0.338 e. The first-order valence-electron chi connectivity index (χ1n) is 11.9. The van der Waals surface area contributed by atoms with Gasteiger partial charge in [-0.15, -0.1) is 11.3 Å². The molecule has 0 aliphatic carbocycles. The Balaban J connectivity index is 2.00. The highest BCUT2D eigenvalue weighted by Crippen LogP contribution is 2.38. The number of benzene rings is 2. The zero-order valence-electron chi connectivity index (χ0n) is 21.5. The van der Waals surface area contributed by atoms with Gasteiger partial charge in [0.25, 0.3) is 5.56 Å². The van der Waals surface area contributed by atoms with Crippen LogP contribution in [-0.2, 0) is 19.1 Å². The van der Waals surface area contributed by atoms with Crippen molar-refractivity contribution < 1.29 is 28.5 Å². The van der Waals surface area contributed by atoms with Crippen molar-refractivity contribution in [2.75, 3.05) is 27.4 Å². The molecule has 1 aliphatic rings. The van der Waals surface area contributed by atoms with Crippen LogP contribution >= 0.6 is 11.3 Å². The van der Waals surface area contributed by atoms with Crippen LogP contribution in [0.1, 0.15) is 30.9 Å². The van der Waals surface area contributed by atoms with Gasteiger partial charge in [-0.25, -0.2) is 9.59 Å². The molecule has 2 heterocycles. The van der Waals surface area contributed by atoms with Gasteiger partial charge in [-0.05, 0) is 55.3 Å². The van der Waals surface area contributed by atoms with Crippen LogP contribution in [0.5, 0.6) is 11.5 Å². The second kappa shape index (κ2) is 11.4. The van der Waals surface area contributed by atoms with Gasteiger partial charge in [0.05, 0.1) is 49.0 Å². The van der Waals surface area contributed by atoms with Crippen LogP contribution in [0.15, 0.2) is 58.9 Å². The summed E-state index contributed by atoms with van der Waals surface area (Å²) in [5.74, 6) is -1.15. The van der Waals surface area contributed by atoms with Crippen LogP contribution < -0.4 is 30.0 Å². The minimum absolute atomic E-state index is 0.0305. The molecule has 10 heteroatoms. The number of esters is 2. The maximum absolute atomic E-state index is 13.5. The van der Waals surface area contributed by atoms with Crippen molar-refractivity contribution in [3.8, 4) is 11.5 Å². The predicted octanol–water partition coefficient (Wildman–Crippen LogP) is 1.96. The first-order chi connectivity index (χ1) is 18.3. The number of nitrogens with two attached hydrogens (primary N) is 1. The first kappa shape index (κ1) is 26.7. The summed E-state index contributed by atoms with van der Waals surface area (Å²) in [6.07, 6.45) is 1.69. The van der Waals surface area contributed by atoms with Gasteiger partial charge in [-0.1, -0.05) is 24.3 Å². The lowest BCUT2D eigenvalue weighted by Gasteiger charge is -2.26. The highest BCUT2D eigenvalue weighted by atomic mass is 32.1. The molecule has 2 aromatic carbocycles. The molecule has 3 aromatic rings. The number of carbonyl (C=O) groups excluding carboxylic acids is 2. The van der Waals surface area contributed by atoms with Crippen molar-refractivity contribution in [1.82, 2.24) is 4.57 Å². The number of fused-ring (bicyclic) bond motifs is 1. The zero-order chi connectivity index (χ0) is 27.4. The molecule has 0 fully saturated rings. The number of rotatable bonds is 8. The van der Waals surface area contributed by atoms with E-state index in [4.69, 9.17) is 24.7 Å². The van der Waals surface area contributed by atoms with Gasteiger partial charge < -0.3 is 24.7 Å². The van der Waals surface area contributed by atoms with E-state index in [0.29, 0.717) is 34.8 Å². The number of thiazole rings is 1. The highest BCUT2D eigenvalue weighted by Gasteiger charge is 2.39. The molecule has 0 amide bonds. The van der Waals surface area contributed by atoms with Gasteiger partial charge in [0, 0.05) is 0 Å². The quantitative estimate of drug-likeness (QED) is 0.434. The fraction of sp³-hybridized carbons (Fsp3) is 0.250. The Bertz CT molecular complexity index is 1570. The van der Waals surface area contributed by atoms with E-state index in [-0.39, 0.29) is 21.6 Å². The van der Waals surface area contributed by atoms with Gasteiger partial charge in [-0.2, -0.15) is 0 Å². The molecule has 0 spiro atoms. The van der Waals surface area contributed by atoms with E-state index in [1.54, 1.807) is 42.5 Å². The summed E-state index contributed by atoms with van der Waals surface area (Å²) in [4.78, 5) is 39.7. The third-order valence-corrected chi connectivity index (χ3v) is 7.08. The number of ether oxygens (including phenoxy) is 4. The molecular formula is C28H28N2O7S. The second-order valence-corrected chi connectivity index (χ2v) is 9.22. The molecule has 1 unspecified atom stereocenters. The molecule has 1 atom stereocenters. The summed E-state index contributed by atoms with van der Waals surface area (Å²) in [5, 5.41) is 0. The average molecular weight is 537 g/mol. The van der Waals surface area contributed by atoms with Gasteiger partial charge in [-0.3, -0.25) is 9.36 Å². The van der Waals surface area contributed by atoms with Crippen molar-refractivity contribution in [2.45, 2.75) is 19.8 Å². The summed E-state index contributed by atoms with van der Waals surface area (Å²) < 4.78 is 22.9. The van der Waals surface area contributed by atoms with Crippen LogP contribution in [0, 0.1) is 0 Å². The van der Waals surface area contributed by atoms with Crippen LogP contribution in [0.2, 0.25) is 0 Å². The molecule has 0 saturated carbocycles. The number of aromatic nitrogens is 1. The number of hydrogen-bond acceptors (Lipinski definition) is 9. The lowest BCUT2D eigenvalue weighted by molar-refractivity contribution is -0.136. The maximum Gasteiger partial charge on any atom is 0.338 e. The Morgan fingerprint density at radius 1 is 0.895 bits per heavy atom. The normalized spacial score (nSPS) is 15.2. The van der Waals surface area contributed by atoms with Crippen molar-refractivity contribution >= 4 is 40.7 Å². The molecule has 1 aliphatic heterocycles. The fourth-order valence-electron chi connectivity index (χ4n) is 4.30. The summed E-state index contributed by atoms with van der Waals surface area (Å²) in [7, 11) is 2.46. The number of hydrogen-bond donors (Lipinski definition) is 1. The van der Waals surface area contributed by atoms with E-state index in [9.17, 15) is 14.4 Å². The summed E-state index contributed by atoms with van der Waals surface area (Å²) in [6, 6.07) is 14.2. The van der Waals surface area contributed by atoms with Gasteiger partial charge in [0.15, 0.2) is 0 Å². The van der Waals surface area contributed by atoms with E-state index in [0.717, 1.165) is 16.9 Å². The molecule has 9 nitrogen and oxygen atoms in total. The van der Waals surface area contributed by atoms with Crippen molar-refractivity contribution in [1.29, 1.82) is 0 Å². The first-order valence-corrected chi connectivity index (χ1v) is 12.8. The van der Waals surface area contributed by atoms with Crippen molar-refractivity contribution in [3.05, 3.63) is 84.8 Å². The second-order valence-electron chi connectivity index (χ2n) is 8.19. The SMILES string of the molecule is CCOc1ccc(/C=c2\sc3n(c2=O)C(N)=C(C(=O)OC)C(c2ccc(OCC)cc2)C=3C(=O)OC)cc1. The largest absolute Gasteiger partial charge is 0.494 e. The maximum atomic E-state index is 13.5. The van der Waals surface area contributed by atoms with E-state index in [2.05, 4.69) is 0 Å². The van der Waals surface area contributed by atoms with Crippen LogP contribution in [-0.4, -0.2) is 43.9 Å². The summed E-state index contributed by atoms with van der Waals surface area (Å²) in [5.41, 5.74) is 7.41. The van der Waals surface area contributed by atoms with Crippen molar-refractivity contribution in [2.24, 2.45) is 5.73 Å². The summed E-state index contributed by atoms with van der Waals surface area (Å²) in [6.45, 7) is 4.79. The van der Waals surface area contributed by atoms with Crippen LogP contribution in [0.4, 0.5) is 0 Å². The van der Waals surface area contributed by atoms with Crippen molar-refractivity contribution in [3.63, 3.8) is 0 Å². The Kier molecular flexibility index (Phi) is 8.02. The Morgan fingerprint density at radius 3 is 1.95 bits per heavy atom. The molecule has 1 aromatic heterocycles. The molecular weight excluding hydrogens is 508 g/mol. The Labute approximate surface area is 223 Å². The Morgan fingerprint density at radius 2 is 1.42 bits per heavy atom. The minimum Gasteiger partial charge on any atom is -0.494 e. The molecule has 2 N–H and O–H groups in total. The van der Waals surface area contributed by atoms with Gasteiger partial charge in [0.1, 0.15) is 22.0 Å². The van der Waals surface area contributed by atoms with Crippen LogP contribution in [0.3, 0.4) is 0 Å². The molecule has 0 saturated heterocycles. The topological polar surface area (TPSA) is 119 Å². The number of methoxy groups -OCH3 is 2. The zero-order valence-corrected chi connectivity index (χ0v) is 22.3. The van der Waals surface area contributed by atoms with E-state index < -0.39 is 23.4 Å². The standard InChI is InChI=1S/C28H28N2O7S/c1-5-36-18-11-7-16(8-12-18)15-20-25(31)30-24(29)22(27(32)34-3)21(23(26(30)38-20)28(33)35-4)17-9-13-19(14-10-17)37-6-2/h7-15,21H,5-6,29H2,1-4H3/b20-15-. The van der Waals surface area contributed by atoms with E-state index >= 15 is 0 Å². The van der Waals surface area contributed by atoms with E-state index in [1.165, 1.54) is 18.8 Å². The third-order valence-electron chi connectivity index (χ3n) is 5.97. The molecule has 0 radical (unpaired) electrons. The molecule has 198 valence electrons. The lowest BCUT2D eigenvalue weighted by Crippen LogP contribution is -2.41. The third kappa shape index (κ3) is 4.95. The number of carbonyl (C=O) groups is 2. The van der Waals surface area contributed by atoms with Gasteiger partial charge >= 0.3 is 11.9 Å². The van der Waals surface area contributed by atoms with Gasteiger partial charge in [0.2, 0.25) is 0 Å². The predicted molar refractivity (Wildman–Crippen MR) is 144 cm³/mol. The monoisotopic (exact) mass is 536 g/mol. The Hall–Kier alpha value is -4.31. The molecule has 38 heavy (non-hydrogen) atoms. The molecule has 4 rings (SSSR count). The fourth-order valence-corrected chi connectivity index (χ4v) is 5.47. The van der Waals surface area contributed by atoms with E-state index in [1.807, 2.05) is 26.0 Å². The summed E-state index contributed by atoms with van der Waals surface area (Å²) >= 11 is 1.09. The minimum atomic E-state index is -0.929.